The van der Waals surface area contributed by atoms with Crippen molar-refractivity contribution in [2.45, 2.75) is 109 Å². The molecule has 2 bridgehead atoms. The summed E-state index contributed by atoms with van der Waals surface area (Å²) in [6.07, 6.45) is 4.23. The monoisotopic (exact) mass is 492 g/mol. The number of likely N-dealkylation sites (tertiary alicyclic amines) is 1. The maximum atomic E-state index is 14.5. The summed E-state index contributed by atoms with van der Waals surface area (Å²) < 4.78 is 6.61. The molecule has 1 spiro atoms. The number of carbonyl (C=O) groups is 3. The number of rotatable bonds is 10. The maximum absolute atomic E-state index is 14.5. The Morgan fingerprint density at radius 3 is 2.34 bits per heavy atom. The van der Waals surface area contributed by atoms with Crippen LogP contribution >= 0.6 is 0 Å². The maximum Gasteiger partial charge on any atom is 0.310 e. The molecular formula is C27H44N2O6. The molecule has 0 aliphatic carbocycles. The van der Waals surface area contributed by atoms with Gasteiger partial charge in [0, 0.05) is 12.1 Å². The number of aliphatic hydroxyl groups is 1. The summed E-state index contributed by atoms with van der Waals surface area (Å²) in [6, 6.07) is -1.59. The van der Waals surface area contributed by atoms with Crippen molar-refractivity contribution < 1.29 is 29.3 Å². The average Bonchev–Trinajstić information content (AvgIpc) is 3.35. The first-order valence-corrected chi connectivity index (χ1v) is 12.9. The van der Waals surface area contributed by atoms with Crippen molar-refractivity contribution >= 4 is 17.8 Å². The lowest BCUT2D eigenvalue weighted by Gasteiger charge is -2.46. The summed E-state index contributed by atoms with van der Waals surface area (Å²) in [6.45, 7) is 18.0. The van der Waals surface area contributed by atoms with Gasteiger partial charge in [0.25, 0.3) is 0 Å². The van der Waals surface area contributed by atoms with Crippen molar-refractivity contribution in [3.63, 3.8) is 0 Å². The third-order valence-corrected chi connectivity index (χ3v) is 8.47. The van der Waals surface area contributed by atoms with E-state index < -0.39 is 46.6 Å². The molecule has 2 N–H and O–H groups in total. The topological polar surface area (TPSA) is 107 Å². The Bertz CT molecular complexity index is 875. The van der Waals surface area contributed by atoms with Crippen LogP contribution in [0.3, 0.4) is 0 Å². The second kappa shape index (κ2) is 9.18. The minimum Gasteiger partial charge on any atom is -0.481 e. The van der Waals surface area contributed by atoms with E-state index in [9.17, 15) is 24.6 Å². The number of amides is 2. The summed E-state index contributed by atoms with van der Waals surface area (Å²) in [5, 5.41) is 20.4. The molecule has 8 heteroatoms. The molecule has 8 nitrogen and oxygen atoms in total. The average molecular weight is 493 g/mol. The third kappa shape index (κ3) is 4.20. The summed E-state index contributed by atoms with van der Waals surface area (Å²) in [7, 11) is 0. The van der Waals surface area contributed by atoms with Crippen LogP contribution in [0, 0.1) is 17.3 Å². The van der Waals surface area contributed by atoms with Gasteiger partial charge in [-0.15, -0.1) is 6.58 Å². The number of carbonyl (C=O) groups excluding carboxylic acids is 2. The predicted molar refractivity (Wildman–Crippen MR) is 133 cm³/mol. The fourth-order valence-corrected chi connectivity index (χ4v) is 7.42. The normalized spacial score (nSPS) is 33.1. The van der Waals surface area contributed by atoms with Crippen LogP contribution in [-0.4, -0.2) is 79.8 Å². The Morgan fingerprint density at radius 2 is 1.89 bits per heavy atom. The molecule has 3 rings (SSSR count). The van der Waals surface area contributed by atoms with Crippen molar-refractivity contribution in [1.29, 1.82) is 0 Å². The van der Waals surface area contributed by atoms with Gasteiger partial charge in [0.05, 0.1) is 24.2 Å². The SMILES string of the molecule is C=CCN(C(=O)C1N([C@@H](CC)CO)C(=O)[C@@H]2[C@@H](C(=O)O)[C@@]3(CC)CCC12O3)C(C)(C)CC(C)(C)C. The zero-order valence-electron chi connectivity index (χ0n) is 22.5. The highest BCUT2D eigenvalue weighted by Gasteiger charge is 2.79. The minimum atomic E-state index is -1.22. The summed E-state index contributed by atoms with van der Waals surface area (Å²) in [4.78, 5) is 44.2. The van der Waals surface area contributed by atoms with Crippen LogP contribution in [0.5, 0.6) is 0 Å². The van der Waals surface area contributed by atoms with Crippen molar-refractivity contribution in [2.75, 3.05) is 13.2 Å². The smallest absolute Gasteiger partial charge is 0.310 e. The lowest BCUT2D eigenvalue weighted by Crippen LogP contribution is -2.62. The van der Waals surface area contributed by atoms with Gasteiger partial charge in [0.2, 0.25) is 11.8 Å². The summed E-state index contributed by atoms with van der Waals surface area (Å²) in [5.74, 6) is -3.67. The van der Waals surface area contributed by atoms with Crippen LogP contribution in [0.4, 0.5) is 0 Å². The van der Waals surface area contributed by atoms with E-state index in [2.05, 4.69) is 27.4 Å². The van der Waals surface area contributed by atoms with E-state index in [1.54, 1.807) is 11.0 Å². The molecule has 0 aromatic carbocycles. The number of carboxylic acids is 1. The highest BCUT2D eigenvalue weighted by atomic mass is 16.5. The van der Waals surface area contributed by atoms with Gasteiger partial charge in [-0.3, -0.25) is 14.4 Å². The standard InChI is InChI=1S/C27H44N2O6/c1-9-14-28(25(7,8)16-24(4,5)6)22(32)20-27-13-12-26(11-3,35-27)19(23(33)34)18(27)21(31)29(20)17(10-2)15-30/h9,17-20,30H,1,10-16H2,2-8H3,(H,33,34)/t17-,18-,19-,20?,26+,27?/m0/s1. The molecule has 6 atom stereocenters. The first-order chi connectivity index (χ1) is 16.2. The molecule has 2 unspecified atom stereocenters. The number of aliphatic carboxylic acids is 1. The molecule has 2 amide bonds. The molecule has 0 radical (unpaired) electrons. The van der Waals surface area contributed by atoms with Gasteiger partial charge < -0.3 is 24.7 Å². The first-order valence-electron chi connectivity index (χ1n) is 12.9. The van der Waals surface area contributed by atoms with Gasteiger partial charge in [-0.2, -0.15) is 0 Å². The fourth-order valence-electron chi connectivity index (χ4n) is 7.42. The van der Waals surface area contributed by atoms with Crippen LogP contribution in [-0.2, 0) is 19.1 Å². The Kier molecular flexibility index (Phi) is 7.25. The van der Waals surface area contributed by atoms with Gasteiger partial charge in [0.1, 0.15) is 17.6 Å². The van der Waals surface area contributed by atoms with E-state index >= 15 is 0 Å². The molecule has 35 heavy (non-hydrogen) atoms. The summed E-state index contributed by atoms with van der Waals surface area (Å²) >= 11 is 0. The number of carboxylic acid groups (broad SMARTS) is 1. The quantitative estimate of drug-likeness (QED) is 0.454. The molecule has 3 aliphatic rings. The number of aliphatic hydroxyl groups excluding tert-OH is 1. The van der Waals surface area contributed by atoms with Crippen molar-refractivity contribution in [3.05, 3.63) is 12.7 Å². The van der Waals surface area contributed by atoms with Gasteiger partial charge in [-0.1, -0.05) is 40.7 Å². The molecule has 3 saturated heterocycles. The Hall–Kier alpha value is -1.93. The summed E-state index contributed by atoms with van der Waals surface area (Å²) in [5.41, 5.74) is -2.79. The second-order valence-electron chi connectivity index (χ2n) is 12.4. The number of nitrogens with zero attached hydrogens (tertiary/aromatic N) is 2. The van der Waals surface area contributed by atoms with Crippen LogP contribution in [0.2, 0.25) is 0 Å². The Morgan fingerprint density at radius 1 is 1.26 bits per heavy atom. The van der Waals surface area contributed by atoms with Crippen LogP contribution < -0.4 is 0 Å². The molecule has 0 aromatic rings. The van der Waals surface area contributed by atoms with Gasteiger partial charge in [-0.25, -0.2) is 0 Å². The van der Waals surface area contributed by atoms with E-state index in [0.29, 0.717) is 38.6 Å². The lowest BCUT2D eigenvalue weighted by molar-refractivity contribution is -0.162. The van der Waals surface area contributed by atoms with E-state index in [-0.39, 0.29) is 23.8 Å². The Labute approximate surface area is 209 Å². The minimum absolute atomic E-state index is 0.0603. The first kappa shape index (κ1) is 27.7. The number of hydrogen-bond donors (Lipinski definition) is 2. The van der Waals surface area contributed by atoms with Crippen LogP contribution in [0.25, 0.3) is 0 Å². The molecule has 3 heterocycles. The molecule has 0 aromatic heterocycles. The predicted octanol–water partition coefficient (Wildman–Crippen LogP) is 3.23. The highest BCUT2D eigenvalue weighted by molar-refractivity contribution is 5.98. The molecule has 3 aliphatic heterocycles. The van der Waals surface area contributed by atoms with E-state index in [1.807, 2.05) is 27.7 Å². The zero-order chi connectivity index (χ0) is 26.6. The zero-order valence-corrected chi connectivity index (χ0v) is 22.5. The second-order valence-corrected chi connectivity index (χ2v) is 12.4. The van der Waals surface area contributed by atoms with Crippen LogP contribution in [0.1, 0.15) is 80.6 Å². The van der Waals surface area contributed by atoms with Crippen molar-refractivity contribution in [1.82, 2.24) is 9.80 Å². The largest absolute Gasteiger partial charge is 0.481 e. The Balaban J connectivity index is 2.17. The van der Waals surface area contributed by atoms with Crippen molar-refractivity contribution in [3.8, 4) is 0 Å². The highest BCUT2D eigenvalue weighted by Crippen LogP contribution is 2.64. The number of fused-ring (bicyclic) bond motifs is 1. The van der Waals surface area contributed by atoms with E-state index in [4.69, 9.17) is 4.74 Å². The van der Waals surface area contributed by atoms with E-state index in [0.717, 1.165) is 0 Å². The lowest BCUT2D eigenvalue weighted by atomic mass is 9.65. The van der Waals surface area contributed by atoms with Gasteiger partial charge >= 0.3 is 5.97 Å². The van der Waals surface area contributed by atoms with Crippen molar-refractivity contribution in [2.24, 2.45) is 17.3 Å². The fraction of sp³-hybridized carbons (Fsp3) is 0.815. The van der Waals surface area contributed by atoms with E-state index in [1.165, 1.54) is 4.90 Å². The molecule has 3 fully saturated rings. The molecular weight excluding hydrogens is 448 g/mol. The van der Waals surface area contributed by atoms with Crippen LogP contribution in [0.15, 0.2) is 12.7 Å². The molecule has 0 saturated carbocycles. The number of ether oxygens (including phenoxy) is 1. The number of hydrogen-bond acceptors (Lipinski definition) is 5. The third-order valence-electron chi connectivity index (χ3n) is 8.47. The van der Waals surface area contributed by atoms with Gasteiger partial charge in [0.15, 0.2) is 0 Å². The molecule has 198 valence electrons. The van der Waals surface area contributed by atoms with Gasteiger partial charge in [-0.05, 0) is 51.4 Å².